The minimum absolute atomic E-state index is 0. The zero-order valence-electron chi connectivity index (χ0n) is 4.20. The molecule has 0 spiro atoms. The molecule has 0 heterocycles. The van der Waals surface area contributed by atoms with Crippen LogP contribution in [-0.2, 0) is 29.9 Å². The molecular formula is HKO5SZn. The summed E-state index contributed by atoms with van der Waals surface area (Å²) in [6.45, 7) is 0. The molecule has 0 aliphatic heterocycles. The van der Waals surface area contributed by atoms with Crippen molar-refractivity contribution in [3.63, 3.8) is 0 Å². The molecule has 0 bridgehead atoms. The van der Waals surface area contributed by atoms with Crippen LogP contribution in [0.5, 0.6) is 0 Å². The first-order valence-corrected chi connectivity index (χ1v) is 2.00. The van der Waals surface area contributed by atoms with Crippen LogP contribution in [0.15, 0.2) is 0 Å². The molecule has 0 aromatic heterocycles. The van der Waals surface area contributed by atoms with E-state index in [1.807, 2.05) is 0 Å². The smallest absolute Gasteiger partial charge is 0.870 e. The van der Waals surface area contributed by atoms with Crippen LogP contribution in [0.2, 0.25) is 0 Å². The Morgan fingerprint density at radius 3 is 1.12 bits per heavy atom. The van der Waals surface area contributed by atoms with Crippen LogP contribution in [0.25, 0.3) is 0 Å². The minimum Gasteiger partial charge on any atom is -0.870 e. The summed E-state index contributed by atoms with van der Waals surface area (Å²) < 4.78 is 34.1. The van der Waals surface area contributed by atoms with E-state index in [9.17, 15) is 0 Å². The SMILES string of the molecule is O=S(=O)([O-])[O-].[K+].[OH-].[Zn+2]. The van der Waals surface area contributed by atoms with Crippen LogP contribution in [0.1, 0.15) is 0 Å². The van der Waals surface area contributed by atoms with Gasteiger partial charge in [0.05, 0.1) is 0 Å². The predicted molar refractivity (Wildman–Crippen MR) is 12.4 cm³/mol. The van der Waals surface area contributed by atoms with Gasteiger partial charge in [0.15, 0.2) is 0 Å². The van der Waals surface area contributed by atoms with E-state index in [1.165, 1.54) is 0 Å². The minimum atomic E-state index is -5.17. The van der Waals surface area contributed by atoms with Crippen molar-refractivity contribution in [3.8, 4) is 0 Å². The molecule has 0 amide bonds. The van der Waals surface area contributed by atoms with Crippen molar-refractivity contribution in [2.24, 2.45) is 0 Å². The molecule has 5 nitrogen and oxygen atoms in total. The van der Waals surface area contributed by atoms with Gasteiger partial charge in [-0.3, -0.25) is 8.42 Å². The summed E-state index contributed by atoms with van der Waals surface area (Å²) in [5, 5.41) is 0. The molecule has 0 aromatic carbocycles. The van der Waals surface area contributed by atoms with Crippen molar-refractivity contribution in [1.29, 1.82) is 0 Å². The van der Waals surface area contributed by atoms with E-state index in [2.05, 4.69) is 0 Å². The van der Waals surface area contributed by atoms with Crippen molar-refractivity contribution in [2.75, 3.05) is 0 Å². The first-order valence-electron chi connectivity index (χ1n) is 0.667. The molecule has 8 heavy (non-hydrogen) atoms. The Morgan fingerprint density at radius 2 is 1.12 bits per heavy atom. The molecule has 0 fully saturated rings. The summed E-state index contributed by atoms with van der Waals surface area (Å²) in [7, 11) is -5.17. The molecule has 0 aromatic rings. The molecule has 8 heteroatoms. The molecule has 0 aliphatic rings. The fourth-order valence-electron chi connectivity index (χ4n) is 0. The topological polar surface area (TPSA) is 110 Å². The maximum Gasteiger partial charge on any atom is 2.00 e. The molecule has 0 radical (unpaired) electrons. The van der Waals surface area contributed by atoms with E-state index in [4.69, 9.17) is 17.5 Å². The van der Waals surface area contributed by atoms with Gasteiger partial charge in [0, 0.05) is 10.4 Å². The van der Waals surface area contributed by atoms with Gasteiger partial charge in [-0.05, 0) is 0 Å². The van der Waals surface area contributed by atoms with Gasteiger partial charge in [0.25, 0.3) is 0 Å². The molecular weight excluding hydrogens is 217 g/mol. The monoisotopic (exact) mass is 216 g/mol. The molecule has 0 aliphatic carbocycles. The molecule has 0 rings (SSSR count). The van der Waals surface area contributed by atoms with Crippen LogP contribution < -0.4 is 51.4 Å². The fraction of sp³-hybridized carbons (Fsp3) is 0. The summed E-state index contributed by atoms with van der Waals surface area (Å²) >= 11 is 0. The van der Waals surface area contributed by atoms with Gasteiger partial charge >= 0.3 is 70.9 Å². The van der Waals surface area contributed by atoms with Crippen LogP contribution in [0.4, 0.5) is 0 Å². The Balaban J connectivity index is -0.0000000267. The van der Waals surface area contributed by atoms with E-state index in [-0.39, 0.29) is 76.3 Å². The van der Waals surface area contributed by atoms with Gasteiger partial charge in [0.2, 0.25) is 0 Å². The second-order valence-electron chi connectivity index (χ2n) is 0.408. The van der Waals surface area contributed by atoms with Gasteiger partial charge in [-0.25, -0.2) is 0 Å². The average Bonchev–Trinajstić information content (AvgIpc) is 0.722. The van der Waals surface area contributed by atoms with Gasteiger partial charge in [-0.1, -0.05) is 0 Å². The Kier molecular flexibility index (Phi) is 25.5. The quantitative estimate of drug-likeness (QED) is 0.231. The molecule has 0 atom stereocenters. The normalized spacial score (nSPS) is 7.25. The Bertz CT molecular complexity index is 95.6. The number of hydrogen-bond acceptors (Lipinski definition) is 5. The third-order valence-electron chi connectivity index (χ3n) is 0. The Hall–Kier alpha value is 2.09. The van der Waals surface area contributed by atoms with Crippen LogP contribution >= 0.6 is 0 Å². The second-order valence-corrected chi connectivity index (χ2v) is 1.22. The number of hydrogen-bond donors (Lipinski definition) is 0. The van der Waals surface area contributed by atoms with E-state index in [0.29, 0.717) is 0 Å². The van der Waals surface area contributed by atoms with E-state index < -0.39 is 10.4 Å². The third kappa shape index (κ3) is 93.1. The molecule has 0 unspecified atom stereocenters. The van der Waals surface area contributed by atoms with Crippen molar-refractivity contribution >= 4 is 10.4 Å². The van der Waals surface area contributed by atoms with Crippen LogP contribution in [0.3, 0.4) is 0 Å². The van der Waals surface area contributed by atoms with Gasteiger partial charge in [-0.15, -0.1) is 0 Å². The summed E-state index contributed by atoms with van der Waals surface area (Å²) in [5.74, 6) is 0. The zero-order valence-corrected chi connectivity index (χ0v) is 11.1. The van der Waals surface area contributed by atoms with E-state index >= 15 is 0 Å². The van der Waals surface area contributed by atoms with Gasteiger partial charge in [0.1, 0.15) is 0 Å². The maximum absolute atomic E-state index is 8.52. The zero-order chi connectivity index (χ0) is 4.50. The van der Waals surface area contributed by atoms with Gasteiger partial charge < -0.3 is 14.6 Å². The third-order valence-corrected chi connectivity index (χ3v) is 0. The first kappa shape index (κ1) is 22.5. The summed E-state index contributed by atoms with van der Waals surface area (Å²) in [6.07, 6.45) is 0. The number of rotatable bonds is 0. The Morgan fingerprint density at radius 1 is 1.12 bits per heavy atom. The second kappa shape index (κ2) is 9.09. The Labute approximate surface area is 102 Å². The first-order chi connectivity index (χ1) is 2.00. The van der Waals surface area contributed by atoms with E-state index in [1.54, 1.807) is 0 Å². The summed E-state index contributed by atoms with van der Waals surface area (Å²) in [6, 6.07) is 0. The molecule has 40 valence electrons. The largest absolute Gasteiger partial charge is 2.00 e. The standard InChI is InChI=1S/K.H2O4S.H2O.Zn/c;1-5(2,3)4;;/h;(H2,1,2,3,4);1H2;/q+1;;;+2/p-3. The fourth-order valence-corrected chi connectivity index (χ4v) is 0. The van der Waals surface area contributed by atoms with Crippen molar-refractivity contribution in [2.45, 2.75) is 0 Å². The van der Waals surface area contributed by atoms with Crippen LogP contribution in [0, 0.1) is 0 Å². The average molecular weight is 218 g/mol. The molecule has 0 saturated carbocycles. The van der Waals surface area contributed by atoms with Crippen molar-refractivity contribution < 1.29 is 93.9 Å². The summed E-state index contributed by atoms with van der Waals surface area (Å²) in [4.78, 5) is 0. The van der Waals surface area contributed by atoms with Crippen molar-refractivity contribution in [3.05, 3.63) is 0 Å². The molecule has 0 saturated heterocycles. The summed E-state index contributed by atoms with van der Waals surface area (Å²) in [5.41, 5.74) is 0. The van der Waals surface area contributed by atoms with Gasteiger partial charge in [-0.2, -0.15) is 0 Å². The van der Waals surface area contributed by atoms with E-state index in [0.717, 1.165) is 0 Å². The predicted octanol–water partition coefficient (Wildman–Crippen LogP) is -4.51. The maximum atomic E-state index is 8.52. The van der Waals surface area contributed by atoms with Crippen molar-refractivity contribution in [1.82, 2.24) is 0 Å². The van der Waals surface area contributed by atoms with Crippen LogP contribution in [-0.4, -0.2) is 23.0 Å². The molecule has 1 N–H and O–H groups in total.